The van der Waals surface area contributed by atoms with Crippen LogP contribution in [0.15, 0.2) is 210 Å². The van der Waals surface area contributed by atoms with E-state index in [0.717, 1.165) is 196 Å². The van der Waals surface area contributed by atoms with Crippen molar-refractivity contribution in [3.8, 4) is 45.0 Å². The molecular weight excluding hydrogens is 1740 g/mol. The van der Waals surface area contributed by atoms with E-state index in [2.05, 4.69) is 138 Å². The van der Waals surface area contributed by atoms with Crippen molar-refractivity contribution >= 4 is 136 Å². The minimum absolute atomic E-state index is 0.0313. The number of carbonyl (C=O) groups excluding carboxylic acids is 4. The summed E-state index contributed by atoms with van der Waals surface area (Å²) < 4.78 is 17.4. The van der Waals surface area contributed by atoms with Crippen molar-refractivity contribution in [2.24, 2.45) is 51.9 Å². The average molecular weight is 1840 g/mol. The van der Waals surface area contributed by atoms with Gasteiger partial charge in [0.25, 0.3) is 0 Å². The lowest BCUT2D eigenvalue weighted by Gasteiger charge is -2.34. The number of hydrogen-bond donors (Lipinski definition) is 8. The number of carbonyl (C=O) groups is 4. The number of amides is 4. The van der Waals surface area contributed by atoms with E-state index in [1.165, 1.54) is 0 Å². The fraction of sp³-hybridized carbons (Fsp3) is 0.255. The first kappa shape index (κ1) is 90.1. The number of methoxy groups -OCH3 is 2. The average Bonchev–Trinajstić information content (AvgIpc) is 1.42. The van der Waals surface area contributed by atoms with E-state index in [-0.39, 0.29) is 71.0 Å². The summed E-state index contributed by atoms with van der Waals surface area (Å²) in [6, 6.07) is 23.0. The predicted molar refractivity (Wildman–Crippen MR) is 533 cm³/mol. The van der Waals surface area contributed by atoms with E-state index >= 15 is 0 Å². The predicted octanol–water partition coefficient (Wildman–Crippen LogP) is 14.9. The highest BCUT2D eigenvalue weighted by Gasteiger charge is 2.48. The normalized spacial score (nSPS) is 18.0. The number of rotatable bonds is 22. The minimum atomic E-state index is -0.0751. The van der Waals surface area contributed by atoms with E-state index in [1.54, 1.807) is 70.1 Å². The maximum atomic E-state index is 12.8. The Bertz CT molecular complexity index is 7240. The highest BCUT2D eigenvalue weighted by Crippen LogP contribution is 2.52. The quantitative estimate of drug-likeness (QED) is 0.0292. The fourth-order valence-electron chi connectivity index (χ4n) is 17.7. The Morgan fingerprint density at radius 1 is 0.348 bits per heavy atom. The summed E-state index contributed by atoms with van der Waals surface area (Å²) in [6.07, 6.45) is 34.1. The Labute approximate surface area is 793 Å². The topological polar surface area (TPSA) is 471 Å². The highest BCUT2D eigenvalue weighted by atomic mass is 16.5. The van der Waals surface area contributed by atoms with E-state index in [4.69, 9.17) is 32.4 Å². The molecule has 8 atom stereocenters. The van der Waals surface area contributed by atoms with Gasteiger partial charge in [-0.15, -0.1) is 0 Å². The van der Waals surface area contributed by atoms with Crippen LogP contribution in [0.25, 0.3) is 99.6 Å². The third kappa shape index (κ3) is 18.8. The first-order chi connectivity index (χ1) is 66.4. The number of aryl methyl sites for hydroxylation is 8. The molecule has 4 aliphatic carbocycles. The third-order valence-corrected chi connectivity index (χ3v) is 26.3. The van der Waals surface area contributed by atoms with Crippen LogP contribution in [0.4, 0.5) is 58.2 Å². The molecule has 696 valence electrons. The van der Waals surface area contributed by atoms with Gasteiger partial charge in [0.05, 0.1) is 61.8 Å². The number of pyridine rings is 12. The van der Waals surface area contributed by atoms with Gasteiger partial charge in [-0.3, -0.25) is 47.9 Å². The second-order valence-corrected chi connectivity index (χ2v) is 35.9. The summed E-state index contributed by atoms with van der Waals surface area (Å²) in [5.41, 5.74) is 43.3. The summed E-state index contributed by atoms with van der Waals surface area (Å²) in [6.45, 7) is 25.7. The molecule has 4 saturated carbocycles. The van der Waals surface area contributed by atoms with Crippen molar-refractivity contribution in [3.63, 3.8) is 0 Å². The van der Waals surface area contributed by atoms with E-state index in [0.29, 0.717) is 80.8 Å². The van der Waals surface area contributed by atoms with Gasteiger partial charge in [-0.1, -0.05) is 26.3 Å². The van der Waals surface area contributed by atoms with Gasteiger partial charge < -0.3 is 63.5 Å². The summed E-state index contributed by atoms with van der Waals surface area (Å²) in [5, 5.41) is 34.9. The first-order valence-electron chi connectivity index (χ1n) is 45.1. The van der Waals surface area contributed by atoms with Gasteiger partial charge in [0.2, 0.25) is 23.6 Å². The molecule has 16 aromatic rings. The monoisotopic (exact) mass is 1840 g/mol. The third-order valence-electron chi connectivity index (χ3n) is 26.3. The summed E-state index contributed by atoms with van der Waals surface area (Å²) in [7, 11) is 10.6. The smallest absolute Gasteiger partial charge is 0.229 e. The molecule has 2 aliphatic heterocycles. The SMILES string of the molecule is C=C(OC)c1cc(C)c(-c2cc3cc(NC(=O)[C@@H]4C[C@H]4c4cnn(C)c4)ncc3c(N)n2)cn1.C=C(OC)c1cc(C)c(-c2cc3cc(NC(=O)[C@H]4C[C@@H]4c4cnn(C)c4)ncc3c(N)n2)cn1.C=C1CCN1c1cc(C)c(-c2cc3cc(NC(=O)[C@@H]4C[C@H]4c4cnn(C)c4)ncc3c(N)n2)cn1.C=C1CCN1c1cc(C)c(-c2cc3cc(NC(=O)[C@H]4C[C@@H]4c4cnn(C)c4)ncc3c(N)n2)cn1. The molecule has 36 nitrogen and oxygen atoms in total. The summed E-state index contributed by atoms with van der Waals surface area (Å²) in [5.74, 6) is 6.64. The summed E-state index contributed by atoms with van der Waals surface area (Å²) in [4.78, 5) is 109. The highest BCUT2D eigenvalue weighted by molar-refractivity contribution is 6.03. The standard InChI is InChI=1S/2C26H26N8O.2C25H25N7O2/c2*1-14-6-24(34-5-4-15(34)2)29-11-20(14)22-7-16-8-23(28-12-21(16)25(27)31-22)32-26(35)19-9-18(19)17-10-30-33(3)13-17;2*1-13-5-21(14(2)34-4)27-10-19(13)22-6-15-7-23(28-11-20(15)24(26)30-22)31-25(33)18-8-17(18)16-9-29-32(3)12-16/h2*6-8,10-13,18-19H,2,4-5,9H2,1,3H3,(H2,27,31)(H,28,32,35);2*5-7,9-12,17-18H,2,8H2,1,3-4H3,(H2,26,30)(H,28,31,33)/t2*18-,19+;2*17-,18+/m1010/s1. The number of anilines is 10. The first-order valence-corrected chi connectivity index (χ1v) is 45.1. The van der Waals surface area contributed by atoms with Gasteiger partial charge in [0.1, 0.15) is 81.1 Å². The number of nitrogens with zero attached hydrogens (tertiary/aromatic N) is 22. The lowest BCUT2D eigenvalue weighted by atomic mass is 10.0. The molecule has 12 N–H and O–H groups in total. The number of nitrogens with one attached hydrogen (secondary N) is 4. The van der Waals surface area contributed by atoms with Gasteiger partial charge in [-0.2, -0.15) is 20.4 Å². The van der Waals surface area contributed by atoms with Crippen LogP contribution in [-0.2, 0) is 56.8 Å². The van der Waals surface area contributed by atoms with Crippen molar-refractivity contribution in [3.05, 3.63) is 266 Å². The molecule has 16 aromatic heterocycles. The Hall–Kier alpha value is -17.1. The Kier molecular flexibility index (Phi) is 24.0. The van der Waals surface area contributed by atoms with Gasteiger partial charge in [0, 0.05) is 207 Å². The number of nitrogen functional groups attached to an aromatic ring is 4. The molecule has 2 saturated heterocycles. The molecule has 18 heterocycles. The lowest BCUT2D eigenvalue weighted by molar-refractivity contribution is -0.118. The fourth-order valence-corrected chi connectivity index (χ4v) is 17.7. The molecule has 22 rings (SSSR count). The molecule has 4 amide bonds. The van der Waals surface area contributed by atoms with Gasteiger partial charge in [-0.05, 0) is 216 Å². The molecule has 0 bridgehead atoms. The van der Waals surface area contributed by atoms with Crippen LogP contribution in [0.1, 0.15) is 118 Å². The molecule has 6 aliphatic rings. The van der Waals surface area contributed by atoms with Crippen LogP contribution < -0.4 is 54.0 Å². The number of nitrogens with two attached hydrogens (primary N) is 4. The second kappa shape index (κ2) is 36.7. The van der Waals surface area contributed by atoms with Crippen LogP contribution in [0.3, 0.4) is 0 Å². The van der Waals surface area contributed by atoms with Gasteiger partial charge in [0.15, 0.2) is 0 Å². The van der Waals surface area contributed by atoms with Crippen LogP contribution in [0, 0.1) is 51.4 Å². The largest absolute Gasteiger partial charge is 0.495 e. The second-order valence-electron chi connectivity index (χ2n) is 35.9. The molecule has 0 radical (unpaired) electrons. The Morgan fingerprint density at radius 3 is 0.812 bits per heavy atom. The van der Waals surface area contributed by atoms with Crippen molar-refractivity contribution < 1.29 is 28.7 Å². The molecule has 0 spiro atoms. The van der Waals surface area contributed by atoms with Crippen molar-refractivity contribution in [1.29, 1.82) is 0 Å². The van der Waals surface area contributed by atoms with E-state index in [1.807, 2.05) is 191 Å². The number of fused-ring (bicyclic) bond motifs is 4. The van der Waals surface area contributed by atoms with Crippen molar-refractivity contribution in [2.75, 3.05) is 81.3 Å². The zero-order valence-corrected chi connectivity index (χ0v) is 77.9. The van der Waals surface area contributed by atoms with Crippen molar-refractivity contribution in [1.82, 2.24) is 98.9 Å². The number of aromatic nitrogens is 20. The van der Waals surface area contributed by atoms with E-state index < -0.39 is 0 Å². The molecule has 36 heteroatoms. The molecular formula is C102H102N30O6. The molecule has 0 unspecified atom stereocenters. The van der Waals surface area contributed by atoms with Crippen LogP contribution in [0.2, 0.25) is 0 Å². The Morgan fingerprint density at radius 2 is 0.601 bits per heavy atom. The van der Waals surface area contributed by atoms with Crippen LogP contribution in [0.5, 0.6) is 0 Å². The zero-order chi connectivity index (χ0) is 96.5. The molecule has 0 aromatic carbocycles. The number of hydrogen-bond acceptors (Lipinski definition) is 28. The van der Waals surface area contributed by atoms with Gasteiger partial charge in [-0.25, -0.2) is 49.8 Å². The van der Waals surface area contributed by atoms with E-state index in [9.17, 15) is 19.2 Å². The Balaban J connectivity index is 0.000000118. The summed E-state index contributed by atoms with van der Waals surface area (Å²) >= 11 is 0. The van der Waals surface area contributed by atoms with Crippen LogP contribution in [-0.4, -0.2) is 150 Å². The lowest BCUT2D eigenvalue weighted by Crippen LogP contribution is -2.34. The van der Waals surface area contributed by atoms with Gasteiger partial charge >= 0.3 is 0 Å². The number of ether oxygens (including phenoxy) is 2. The maximum Gasteiger partial charge on any atom is 0.229 e. The van der Waals surface area contributed by atoms with Crippen molar-refractivity contribution in [2.45, 2.75) is 89.9 Å². The molecule has 6 fully saturated rings. The zero-order valence-electron chi connectivity index (χ0n) is 77.9. The molecule has 138 heavy (non-hydrogen) atoms. The minimum Gasteiger partial charge on any atom is -0.495 e. The van der Waals surface area contributed by atoms with Crippen LogP contribution >= 0.6 is 0 Å². The maximum absolute atomic E-state index is 12.8.